The standard InChI is InChI=1S/C8H8N4S/c9-6-2-1-3-7(4-6)12-5-10-11-8(12)13/h1-5H,9H2,(H,11,13). The van der Waals surface area contributed by atoms with Gasteiger partial charge in [-0.25, -0.2) is 0 Å². The number of benzene rings is 1. The lowest BCUT2D eigenvalue weighted by Crippen LogP contribution is -1.94. The minimum atomic E-state index is 0.547. The number of thiol groups is 1. The Morgan fingerprint density at radius 3 is 2.85 bits per heavy atom. The Morgan fingerprint density at radius 2 is 2.23 bits per heavy atom. The van der Waals surface area contributed by atoms with E-state index < -0.39 is 0 Å². The molecule has 2 rings (SSSR count). The van der Waals surface area contributed by atoms with Gasteiger partial charge in [-0.05, 0) is 18.2 Å². The maximum atomic E-state index is 5.64. The largest absolute Gasteiger partial charge is 0.399 e. The summed E-state index contributed by atoms with van der Waals surface area (Å²) in [6, 6.07) is 7.45. The van der Waals surface area contributed by atoms with Gasteiger partial charge >= 0.3 is 0 Å². The van der Waals surface area contributed by atoms with Gasteiger partial charge < -0.3 is 5.73 Å². The SMILES string of the molecule is Nc1cccc(-n2cnnc2S)c1. The lowest BCUT2D eigenvalue weighted by atomic mass is 10.3. The molecule has 13 heavy (non-hydrogen) atoms. The predicted molar refractivity (Wildman–Crippen MR) is 53.0 cm³/mol. The first-order valence-corrected chi connectivity index (χ1v) is 4.17. The Bertz CT molecular complexity index is 424. The van der Waals surface area contributed by atoms with Crippen LogP contribution in [0.4, 0.5) is 5.69 Å². The zero-order valence-electron chi connectivity index (χ0n) is 6.75. The molecule has 1 aromatic heterocycles. The van der Waals surface area contributed by atoms with E-state index in [1.54, 1.807) is 10.9 Å². The fourth-order valence-corrected chi connectivity index (χ4v) is 1.30. The van der Waals surface area contributed by atoms with Crippen LogP contribution in [0.5, 0.6) is 0 Å². The highest BCUT2D eigenvalue weighted by atomic mass is 32.1. The van der Waals surface area contributed by atoms with Crippen molar-refractivity contribution in [2.45, 2.75) is 5.16 Å². The van der Waals surface area contributed by atoms with Crippen molar-refractivity contribution in [2.75, 3.05) is 5.73 Å². The summed E-state index contributed by atoms with van der Waals surface area (Å²) in [5, 5.41) is 8.03. The Hall–Kier alpha value is -1.49. The molecule has 1 aromatic carbocycles. The van der Waals surface area contributed by atoms with Gasteiger partial charge in [0.2, 0.25) is 0 Å². The van der Waals surface area contributed by atoms with Gasteiger partial charge in [0.1, 0.15) is 6.33 Å². The fraction of sp³-hybridized carbons (Fsp3) is 0. The second kappa shape index (κ2) is 3.10. The van der Waals surface area contributed by atoms with Gasteiger partial charge in [-0.1, -0.05) is 6.07 Å². The number of rotatable bonds is 1. The van der Waals surface area contributed by atoms with Crippen LogP contribution < -0.4 is 5.73 Å². The van der Waals surface area contributed by atoms with E-state index in [9.17, 15) is 0 Å². The average Bonchev–Trinajstić information content (AvgIpc) is 2.51. The molecule has 0 saturated carbocycles. The van der Waals surface area contributed by atoms with Crippen LogP contribution in [0.15, 0.2) is 35.7 Å². The van der Waals surface area contributed by atoms with E-state index in [1.807, 2.05) is 24.3 Å². The topological polar surface area (TPSA) is 56.7 Å². The number of nitrogen functional groups attached to an aromatic ring is 1. The molecule has 0 atom stereocenters. The number of nitrogens with two attached hydrogens (primary N) is 1. The van der Waals surface area contributed by atoms with Crippen molar-refractivity contribution in [3.8, 4) is 5.69 Å². The van der Waals surface area contributed by atoms with Crippen molar-refractivity contribution in [1.82, 2.24) is 14.8 Å². The smallest absolute Gasteiger partial charge is 0.192 e. The van der Waals surface area contributed by atoms with Crippen molar-refractivity contribution in [3.63, 3.8) is 0 Å². The first-order valence-electron chi connectivity index (χ1n) is 3.72. The summed E-state index contributed by atoms with van der Waals surface area (Å²) in [5.41, 5.74) is 7.26. The normalized spacial score (nSPS) is 10.2. The van der Waals surface area contributed by atoms with E-state index in [0.717, 1.165) is 5.69 Å². The number of anilines is 1. The summed E-state index contributed by atoms with van der Waals surface area (Å²) in [7, 11) is 0. The van der Waals surface area contributed by atoms with Crippen LogP contribution in [-0.4, -0.2) is 14.8 Å². The summed E-state index contributed by atoms with van der Waals surface area (Å²) >= 11 is 4.14. The fourth-order valence-electron chi connectivity index (χ4n) is 1.09. The van der Waals surface area contributed by atoms with Gasteiger partial charge in [0.05, 0.1) is 5.69 Å². The Morgan fingerprint density at radius 1 is 1.38 bits per heavy atom. The summed E-state index contributed by atoms with van der Waals surface area (Å²) in [5.74, 6) is 0. The van der Waals surface area contributed by atoms with Crippen LogP contribution in [0.2, 0.25) is 0 Å². The molecule has 0 saturated heterocycles. The molecule has 0 aliphatic heterocycles. The first kappa shape index (κ1) is 8.12. The van der Waals surface area contributed by atoms with Crippen molar-refractivity contribution in [2.24, 2.45) is 0 Å². The lowest BCUT2D eigenvalue weighted by molar-refractivity contribution is 0.890. The minimum absolute atomic E-state index is 0.547. The molecule has 0 aliphatic carbocycles. The van der Waals surface area contributed by atoms with Crippen LogP contribution in [0.25, 0.3) is 5.69 Å². The molecule has 2 aromatic rings. The van der Waals surface area contributed by atoms with Crippen LogP contribution >= 0.6 is 12.6 Å². The van der Waals surface area contributed by atoms with Gasteiger partial charge in [-0.2, -0.15) is 0 Å². The highest BCUT2D eigenvalue weighted by molar-refractivity contribution is 7.80. The maximum Gasteiger partial charge on any atom is 0.192 e. The van der Waals surface area contributed by atoms with Gasteiger partial charge in [0, 0.05) is 5.69 Å². The molecule has 0 unspecified atom stereocenters. The second-order valence-electron chi connectivity index (χ2n) is 2.60. The number of hydrogen-bond acceptors (Lipinski definition) is 4. The van der Waals surface area contributed by atoms with Crippen molar-refractivity contribution < 1.29 is 0 Å². The molecule has 0 aliphatic rings. The molecular formula is C8H8N4S. The van der Waals surface area contributed by atoms with E-state index >= 15 is 0 Å². The minimum Gasteiger partial charge on any atom is -0.399 e. The molecule has 2 N–H and O–H groups in total. The quantitative estimate of drug-likeness (QED) is 0.526. The highest BCUT2D eigenvalue weighted by Crippen LogP contribution is 2.14. The molecule has 1 heterocycles. The van der Waals surface area contributed by atoms with Gasteiger partial charge in [0.15, 0.2) is 5.16 Å². The van der Waals surface area contributed by atoms with Gasteiger partial charge in [-0.15, -0.1) is 22.8 Å². The van der Waals surface area contributed by atoms with Crippen LogP contribution in [0, 0.1) is 0 Å². The zero-order chi connectivity index (χ0) is 9.26. The third-order valence-electron chi connectivity index (χ3n) is 1.68. The molecule has 0 amide bonds. The van der Waals surface area contributed by atoms with Crippen molar-refractivity contribution in [3.05, 3.63) is 30.6 Å². The van der Waals surface area contributed by atoms with Crippen LogP contribution in [0.3, 0.4) is 0 Å². The lowest BCUT2D eigenvalue weighted by Gasteiger charge is -2.02. The molecular weight excluding hydrogens is 184 g/mol. The molecule has 66 valence electrons. The summed E-state index contributed by atoms with van der Waals surface area (Å²) in [4.78, 5) is 0. The Labute approximate surface area is 80.8 Å². The average molecular weight is 192 g/mol. The van der Waals surface area contributed by atoms with Crippen molar-refractivity contribution >= 4 is 18.3 Å². The van der Waals surface area contributed by atoms with Gasteiger partial charge in [0.25, 0.3) is 0 Å². The van der Waals surface area contributed by atoms with E-state index in [0.29, 0.717) is 10.8 Å². The van der Waals surface area contributed by atoms with E-state index in [-0.39, 0.29) is 0 Å². The summed E-state index contributed by atoms with van der Waals surface area (Å²) < 4.78 is 1.75. The van der Waals surface area contributed by atoms with Crippen molar-refractivity contribution in [1.29, 1.82) is 0 Å². The number of aromatic nitrogens is 3. The number of hydrogen-bond donors (Lipinski definition) is 2. The zero-order valence-corrected chi connectivity index (χ0v) is 7.65. The predicted octanol–water partition coefficient (Wildman–Crippen LogP) is 1.14. The molecule has 0 bridgehead atoms. The summed E-state index contributed by atoms with van der Waals surface area (Å²) in [6.07, 6.45) is 1.59. The monoisotopic (exact) mass is 192 g/mol. The first-order chi connectivity index (χ1) is 6.27. The second-order valence-corrected chi connectivity index (χ2v) is 3.00. The molecule has 0 radical (unpaired) electrons. The third-order valence-corrected chi connectivity index (χ3v) is 1.98. The van der Waals surface area contributed by atoms with E-state index in [2.05, 4.69) is 22.8 Å². The van der Waals surface area contributed by atoms with E-state index in [4.69, 9.17) is 5.73 Å². The Balaban J connectivity index is 2.53. The molecule has 4 nitrogen and oxygen atoms in total. The molecule has 5 heteroatoms. The third kappa shape index (κ3) is 1.50. The molecule has 0 fully saturated rings. The van der Waals surface area contributed by atoms with E-state index in [1.165, 1.54) is 0 Å². The molecule has 0 spiro atoms. The van der Waals surface area contributed by atoms with Gasteiger partial charge in [-0.3, -0.25) is 4.57 Å². The highest BCUT2D eigenvalue weighted by Gasteiger charge is 2.01. The number of nitrogens with zero attached hydrogens (tertiary/aromatic N) is 3. The maximum absolute atomic E-state index is 5.64. The van der Waals surface area contributed by atoms with Crippen LogP contribution in [0.1, 0.15) is 0 Å². The van der Waals surface area contributed by atoms with Crippen LogP contribution in [-0.2, 0) is 0 Å². The Kier molecular flexibility index (Phi) is 1.94. The summed E-state index contributed by atoms with van der Waals surface area (Å²) in [6.45, 7) is 0.